The minimum Gasteiger partial charge on any atom is -0.476 e. The molecule has 0 radical (unpaired) electrons. The molecule has 2 rings (SSSR count). The maximum Gasteiger partial charge on any atom is 0.356 e. The predicted molar refractivity (Wildman–Crippen MR) is 55.0 cm³/mol. The smallest absolute Gasteiger partial charge is 0.356 e. The first-order valence-corrected chi connectivity index (χ1v) is 4.56. The lowest BCUT2D eigenvalue weighted by Gasteiger charge is -2.02. The average molecular weight is 219 g/mol. The number of carbonyl (C=O) groups is 1. The Morgan fingerprint density at radius 2 is 2.31 bits per heavy atom. The molecule has 2 N–H and O–H groups in total. The van der Waals surface area contributed by atoms with Gasteiger partial charge in [-0.25, -0.2) is 14.8 Å². The summed E-state index contributed by atoms with van der Waals surface area (Å²) >= 11 is 0. The highest BCUT2D eigenvalue weighted by molar-refractivity contribution is 5.84. The number of rotatable bonds is 4. The number of carboxylic acids is 1. The van der Waals surface area contributed by atoms with Crippen LogP contribution in [0.5, 0.6) is 0 Å². The van der Waals surface area contributed by atoms with Crippen LogP contribution in [0, 0.1) is 0 Å². The first kappa shape index (κ1) is 10.2. The fourth-order valence-corrected chi connectivity index (χ4v) is 1.12. The average Bonchev–Trinajstić information content (AvgIpc) is 2.80. The van der Waals surface area contributed by atoms with Gasteiger partial charge < -0.3 is 14.8 Å². The van der Waals surface area contributed by atoms with Crippen molar-refractivity contribution >= 4 is 11.8 Å². The predicted octanol–water partition coefficient (Wildman–Crippen LogP) is 1.38. The lowest BCUT2D eigenvalue weighted by molar-refractivity contribution is 0.0690. The fourth-order valence-electron chi connectivity index (χ4n) is 1.12. The third-order valence-electron chi connectivity index (χ3n) is 1.92. The number of furan rings is 1. The zero-order chi connectivity index (χ0) is 11.4. The molecule has 0 amide bonds. The van der Waals surface area contributed by atoms with Gasteiger partial charge in [-0.3, -0.25) is 0 Å². The van der Waals surface area contributed by atoms with Gasteiger partial charge in [-0.15, -0.1) is 0 Å². The molecular weight excluding hydrogens is 210 g/mol. The van der Waals surface area contributed by atoms with Crippen molar-refractivity contribution < 1.29 is 14.3 Å². The Morgan fingerprint density at radius 3 is 2.88 bits per heavy atom. The van der Waals surface area contributed by atoms with Crippen LogP contribution in [0.25, 0.3) is 0 Å². The van der Waals surface area contributed by atoms with Crippen molar-refractivity contribution in [2.45, 2.75) is 6.54 Å². The van der Waals surface area contributed by atoms with E-state index in [4.69, 9.17) is 9.52 Å². The first-order chi connectivity index (χ1) is 7.75. The molecule has 2 heterocycles. The highest BCUT2D eigenvalue weighted by Crippen LogP contribution is 2.05. The molecule has 0 saturated carbocycles. The summed E-state index contributed by atoms with van der Waals surface area (Å²) in [5, 5.41) is 11.6. The van der Waals surface area contributed by atoms with E-state index in [1.165, 1.54) is 12.4 Å². The summed E-state index contributed by atoms with van der Waals surface area (Å²) in [5.41, 5.74) is 0.901. The lowest BCUT2D eigenvalue weighted by Crippen LogP contribution is -2.05. The van der Waals surface area contributed by atoms with Crippen LogP contribution in [0.4, 0.5) is 5.82 Å². The number of nitrogens with one attached hydrogen (secondary N) is 1. The van der Waals surface area contributed by atoms with Crippen LogP contribution in [-0.2, 0) is 6.54 Å². The van der Waals surface area contributed by atoms with Crippen molar-refractivity contribution in [3.63, 3.8) is 0 Å². The fraction of sp³-hybridized carbons (Fsp3) is 0.100. The van der Waals surface area contributed by atoms with E-state index in [1.807, 2.05) is 6.07 Å². The van der Waals surface area contributed by atoms with Crippen LogP contribution in [0.2, 0.25) is 0 Å². The van der Waals surface area contributed by atoms with Crippen molar-refractivity contribution in [2.24, 2.45) is 0 Å². The normalized spacial score (nSPS) is 10.0. The lowest BCUT2D eigenvalue weighted by atomic mass is 10.3. The van der Waals surface area contributed by atoms with Crippen molar-refractivity contribution in [1.29, 1.82) is 0 Å². The quantitative estimate of drug-likeness (QED) is 0.807. The second-order valence-corrected chi connectivity index (χ2v) is 3.08. The van der Waals surface area contributed by atoms with Crippen LogP contribution < -0.4 is 5.32 Å². The number of aromatic carboxylic acids is 1. The van der Waals surface area contributed by atoms with Crippen LogP contribution in [-0.4, -0.2) is 21.0 Å². The minimum absolute atomic E-state index is 0.0751. The van der Waals surface area contributed by atoms with Gasteiger partial charge in [-0.05, 0) is 6.07 Å². The maximum absolute atomic E-state index is 10.5. The molecule has 2 aromatic rings. The number of anilines is 1. The Bertz CT molecular complexity index is 465. The van der Waals surface area contributed by atoms with Crippen LogP contribution >= 0.6 is 0 Å². The highest BCUT2D eigenvalue weighted by Gasteiger charge is 2.04. The second-order valence-electron chi connectivity index (χ2n) is 3.08. The van der Waals surface area contributed by atoms with E-state index in [9.17, 15) is 4.79 Å². The van der Waals surface area contributed by atoms with E-state index in [-0.39, 0.29) is 5.69 Å². The largest absolute Gasteiger partial charge is 0.476 e. The molecule has 0 aliphatic carbocycles. The van der Waals surface area contributed by atoms with Gasteiger partial charge in [0, 0.05) is 12.1 Å². The molecule has 0 saturated heterocycles. The molecule has 0 aliphatic rings. The number of carboxylic acid groups (broad SMARTS) is 1. The van der Waals surface area contributed by atoms with E-state index in [1.54, 1.807) is 12.5 Å². The van der Waals surface area contributed by atoms with Crippen molar-refractivity contribution in [1.82, 2.24) is 9.97 Å². The molecule has 6 heteroatoms. The maximum atomic E-state index is 10.5. The summed E-state index contributed by atoms with van der Waals surface area (Å²) in [5.74, 6) is -0.569. The van der Waals surface area contributed by atoms with Gasteiger partial charge in [0.25, 0.3) is 0 Å². The summed E-state index contributed by atoms with van der Waals surface area (Å²) in [4.78, 5) is 18.2. The third kappa shape index (κ3) is 2.35. The summed E-state index contributed by atoms with van der Waals surface area (Å²) < 4.78 is 4.90. The van der Waals surface area contributed by atoms with Gasteiger partial charge in [0.1, 0.15) is 5.82 Å². The summed E-state index contributed by atoms with van der Waals surface area (Å²) in [6.07, 6.45) is 5.78. The molecular formula is C10H9N3O3. The second kappa shape index (κ2) is 4.43. The van der Waals surface area contributed by atoms with Gasteiger partial charge in [0.15, 0.2) is 5.69 Å². The van der Waals surface area contributed by atoms with Gasteiger partial charge in [0.05, 0.1) is 24.9 Å². The molecule has 0 atom stereocenters. The van der Waals surface area contributed by atoms with E-state index >= 15 is 0 Å². The molecule has 0 fully saturated rings. The summed E-state index contributed by atoms with van der Waals surface area (Å²) in [6, 6.07) is 1.83. The molecule has 0 aromatic carbocycles. The highest BCUT2D eigenvalue weighted by atomic mass is 16.4. The topological polar surface area (TPSA) is 88.2 Å². The number of nitrogens with zero attached hydrogens (tertiary/aromatic N) is 2. The van der Waals surface area contributed by atoms with E-state index in [2.05, 4.69) is 15.3 Å². The molecule has 0 spiro atoms. The number of hydrogen-bond donors (Lipinski definition) is 2. The standard InChI is InChI=1S/C10H9N3O3/c14-10(15)8-4-13-9(5-11-8)12-3-7-1-2-16-6-7/h1-2,4-6H,3H2,(H,12,13)(H,14,15). The van der Waals surface area contributed by atoms with Gasteiger partial charge in [0.2, 0.25) is 0 Å². The molecule has 82 valence electrons. The van der Waals surface area contributed by atoms with Crippen molar-refractivity contribution in [2.75, 3.05) is 5.32 Å². The SMILES string of the molecule is O=C(O)c1cnc(NCc2ccoc2)cn1. The molecule has 6 nitrogen and oxygen atoms in total. The number of aromatic nitrogens is 2. The Kier molecular flexibility index (Phi) is 2.81. The molecule has 0 aliphatic heterocycles. The van der Waals surface area contributed by atoms with Crippen molar-refractivity contribution in [3.8, 4) is 0 Å². The van der Waals surface area contributed by atoms with Crippen molar-refractivity contribution in [3.05, 3.63) is 42.2 Å². The molecule has 2 aromatic heterocycles. The summed E-state index contributed by atoms with van der Waals surface area (Å²) in [7, 11) is 0. The molecule has 0 unspecified atom stereocenters. The Morgan fingerprint density at radius 1 is 1.44 bits per heavy atom. The molecule has 16 heavy (non-hydrogen) atoms. The zero-order valence-electron chi connectivity index (χ0n) is 8.25. The monoisotopic (exact) mass is 219 g/mol. The molecule has 0 bridgehead atoms. The van der Waals surface area contributed by atoms with E-state index in [0.717, 1.165) is 5.56 Å². The Balaban J connectivity index is 1.98. The Hall–Kier alpha value is -2.37. The first-order valence-electron chi connectivity index (χ1n) is 4.56. The van der Waals surface area contributed by atoms with E-state index in [0.29, 0.717) is 12.4 Å². The minimum atomic E-state index is -1.09. The van der Waals surface area contributed by atoms with Crippen LogP contribution in [0.3, 0.4) is 0 Å². The van der Waals surface area contributed by atoms with Crippen LogP contribution in [0.1, 0.15) is 16.1 Å². The van der Waals surface area contributed by atoms with Gasteiger partial charge >= 0.3 is 5.97 Å². The van der Waals surface area contributed by atoms with Crippen LogP contribution in [0.15, 0.2) is 35.4 Å². The van der Waals surface area contributed by atoms with E-state index < -0.39 is 5.97 Å². The zero-order valence-corrected chi connectivity index (χ0v) is 8.25. The summed E-state index contributed by atoms with van der Waals surface area (Å²) in [6.45, 7) is 0.553. The Labute approximate surface area is 91.0 Å². The third-order valence-corrected chi connectivity index (χ3v) is 1.92. The van der Waals surface area contributed by atoms with Gasteiger partial charge in [-0.1, -0.05) is 0 Å². The number of hydrogen-bond acceptors (Lipinski definition) is 5. The van der Waals surface area contributed by atoms with Gasteiger partial charge in [-0.2, -0.15) is 0 Å².